The molecule has 0 aliphatic carbocycles. The van der Waals surface area contributed by atoms with E-state index in [-0.39, 0.29) is 18.8 Å². The third kappa shape index (κ3) is 3.39. The molecule has 1 aromatic rings. The van der Waals surface area contributed by atoms with E-state index in [0.717, 1.165) is 12.1 Å². The Morgan fingerprint density at radius 2 is 2.12 bits per heavy atom. The number of nitrogens with one attached hydrogen (secondary N) is 1. The normalized spacial score (nSPS) is 11.7. The average Bonchev–Trinajstić information content (AvgIpc) is 2.23. The van der Waals surface area contributed by atoms with Gasteiger partial charge in [-0.05, 0) is 24.6 Å². The summed E-state index contributed by atoms with van der Waals surface area (Å²) in [5.41, 5.74) is 6.29. The highest BCUT2D eigenvalue weighted by atomic mass is 32.2. The minimum absolute atomic E-state index is 0.0755. The molecule has 0 aromatic heterocycles. The van der Waals surface area contributed by atoms with Crippen molar-refractivity contribution in [1.29, 1.82) is 0 Å². The smallest absolute Gasteiger partial charge is 0.243 e. The fourth-order valence-electron chi connectivity index (χ4n) is 1.23. The Balaban J connectivity index is 3.03. The zero-order valence-electron chi connectivity index (χ0n) is 9.66. The van der Waals surface area contributed by atoms with Gasteiger partial charge in [-0.3, -0.25) is 0 Å². The first-order valence-electron chi connectivity index (χ1n) is 4.92. The second-order valence-electron chi connectivity index (χ2n) is 3.53. The van der Waals surface area contributed by atoms with Crippen molar-refractivity contribution in [3.05, 3.63) is 23.5 Å². The van der Waals surface area contributed by atoms with Crippen LogP contribution in [0, 0.1) is 12.7 Å². The first kappa shape index (κ1) is 13.9. The molecule has 0 unspecified atom stereocenters. The molecule has 0 heterocycles. The number of nitrogen functional groups attached to an aromatic ring is 1. The number of benzene rings is 1. The van der Waals surface area contributed by atoms with Gasteiger partial charge < -0.3 is 10.5 Å². The lowest BCUT2D eigenvalue weighted by Gasteiger charge is -2.09. The molecule has 5 nitrogen and oxygen atoms in total. The van der Waals surface area contributed by atoms with Crippen molar-refractivity contribution < 1.29 is 17.5 Å². The van der Waals surface area contributed by atoms with Crippen LogP contribution < -0.4 is 10.5 Å². The van der Waals surface area contributed by atoms with E-state index < -0.39 is 20.7 Å². The second kappa shape index (κ2) is 5.44. The van der Waals surface area contributed by atoms with Crippen LogP contribution in [0.3, 0.4) is 0 Å². The minimum atomic E-state index is -3.89. The first-order chi connectivity index (χ1) is 7.88. The van der Waals surface area contributed by atoms with E-state index >= 15 is 0 Å². The van der Waals surface area contributed by atoms with Crippen LogP contribution >= 0.6 is 0 Å². The van der Waals surface area contributed by atoms with Crippen molar-refractivity contribution in [2.45, 2.75) is 11.8 Å². The van der Waals surface area contributed by atoms with Crippen LogP contribution in [-0.4, -0.2) is 28.7 Å². The maximum atomic E-state index is 13.5. The maximum Gasteiger partial charge on any atom is 0.243 e. The third-order valence-electron chi connectivity index (χ3n) is 2.21. The van der Waals surface area contributed by atoms with Crippen LogP contribution in [0.25, 0.3) is 0 Å². The summed E-state index contributed by atoms with van der Waals surface area (Å²) in [4.78, 5) is -0.447. The maximum absolute atomic E-state index is 13.5. The summed E-state index contributed by atoms with van der Waals surface area (Å²) in [5.74, 6) is -0.818. The molecule has 3 N–H and O–H groups in total. The van der Waals surface area contributed by atoms with Gasteiger partial charge in [-0.25, -0.2) is 17.5 Å². The average molecular weight is 262 g/mol. The summed E-state index contributed by atoms with van der Waals surface area (Å²) in [6, 6.07) is 2.21. The second-order valence-corrected chi connectivity index (χ2v) is 5.27. The van der Waals surface area contributed by atoms with E-state index in [4.69, 9.17) is 10.5 Å². The Labute approximate surface area is 99.8 Å². The Morgan fingerprint density at radius 3 is 2.71 bits per heavy atom. The van der Waals surface area contributed by atoms with Gasteiger partial charge in [0.15, 0.2) is 0 Å². The lowest BCUT2D eigenvalue weighted by Crippen LogP contribution is -2.28. The molecular formula is C10H15FN2O3S. The Kier molecular flexibility index (Phi) is 4.44. The molecule has 0 radical (unpaired) electrons. The molecule has 0 aliphatic rings. The number of methoxy groups -OCH3 is 1. The molecule has 0 bridgehead atoms. The number of aryl methyl sites for hydroxylation is 1. The fourth-order valence-corrected chi connectivity index (χ4v) is 2.34. The highest BCUT2D eigenvalue weighted by molar-refractivity contribution is 7.89. The third-order valence-corrected chi connectivity index (χ3v) is 3.68. The molecule has 0 aliphatic heterocycles. The van der Waals surface area contributed by atoms with Crippen LogP contribution in [0.15, 0.2) is 17.0 Å². The molecular weight excluding hydrogens is 247 g/mol. The van der Waals surface area contributed by atoms with Crippen molar-refractivity contribution in [2.24, 2.45) is 0 Å². The van der Waals surface area contributed by atoms with E-state index in [1.165, 1.54) is 7.11 Å². The molecule has 96 valence electrons. The Hall–Kier alpha value is -1.18. The summed E-state index contributed by atoms with van der Waals surface area (Å²) < 4.78 is 43.9. The van der Waals surface area contributed by atoms with Crippen molar-refractivity contribution in [2.75, 3.05) is 26.0 Å². The van der Waals surface area contributed by atoms with Gasteiger partial charge in [-0.15, -0.1) is 0 Å². The molecule has 0 fully saturated rings. The molecule has 17 heavy (non-hydrogen) atoms. The SMILES string of the molecule is COCCNS(=O)(=O)c1cc(N)c(C)cc1F. The van der Waals surface area contributed by atoms with Crippen LogP contribution in [0.5, 0.6) is 0 Å². The van der Waals surface area contributed by atoms with Crippen LogP contribution in [0.1, 0.15) is 5.56 Å². The first-order valence-corrected chi connectivity index (χ1v) is 6.41. The van der Waals surface area contributed by atoms with Gasteiger partial charge in [0, 0.05) is 19.3 Å². The van der Waals surface area contributed by atoms with E-state index in [2.05, 4.69) is 4.72 Å². The van der Waals surface area contributed by atoms with Gasteiger partial charge in [0.25, 0.3) is 0 Å². The summed E-state index contributed by atoms with van der Waals surface area (Å²) in [6.07, 6.45) is 0. The minimum Gasteiger partial charge on any atom is -0.398 e. The zero-order valence-corrected chi connectivity index (χ0v) is 10.5. The number of hydrogen-bond donors (Lipinski definition) is 2. The Morgan fingerprint density at radius 1 is 1.47 bits per heavy atom. The highest BCUT2D eigenvalue weighted by Gasteiger charge is 2.19. The van der Waals surface area contributed by atoms with Gasteiger partial charge in [-0.2, -0.15) is 0 Å². The molecule has 1 rings (SSSR count). The van der Waals surface area contributed by atoms with Crippen LogP contribution in [-0.2, 0) is 14.8 Å². The number of rotatable bonds is 5. The summed E-state index contributed by atoms with van der Waals surface area (Å²) in [6.45, 7) is 1.89. The van der Waals surface area contributed by atoms with Crippen molar-refractivity contribution in [3.63, 3.8) is 0 Å². The highest BCUT2D eigenvalue weighted by Crippen LogP contribution is 2.21. The molecule has 0 saturated carbocycles. The molecule has 0 saturated heterocycles. The molecule has 7 heteroatoms. The van der Waals surface area contributed by atoms with Gasteiger partial charge in [-0.1, -0.05) is 0 Å². The summed E-state index contributed by atoms with van der Waals surface area (Å²) >= 11 is 0. The zero-order chi connectivity index (χ0) is 13.1. The fraction of sp³-hybridized carbons (Fsp3) is 0.400. The largest absolute Gasteiger partial charge is 0.398 e. The Bertz CT molecular complexity index is 503. The molecule has 0 spiro atoms. The predicted molar refractivity (Wildman–Crippen MR) is 62.6 cm³/mol. The number of halogens is 1. The molecule has 1 aromatic carbocycles. The van der Waals surface area contributed by atoms with E-state index in [9.17, 15) is 12.8 Å². The topological polar surface area (TPSA) is 81.4 Å². The summed E-state index contributed by atoms with van der Waals surface area (Å²) in [7, 11) is -2.44. The van der Waals surface area contributed by atoms with E-state index in [0.29, 0.717) is 5.56 Å². The number of hydrogen-bond acceptors (Lipinski definition) is 4. The van der Waals surface area contributed by atoms with Crippen molar-refractivity contribution >= 4 is 15.7 Å². The predicted octanol–water partition coefficient (Wildman–Crippen LogP) is 0.641. The van der Waals surface area contributed by atoms with Gasteiger partial charge in [0.05, 0.1) is 6.61 Å². The quantitative estimate of drug-likeness (QED) is 0.602. The van der Waals surface area contributed by atoms with E-state index in [1.807, 2.05) is 0 Å². The lowest BCUT2D eigenvalue weighted by atomic mass is 10.2. The number of ether oxygens (including phenoxy) is 1. The van der Waals surface area contributed by atoms with Crippen molar-refractivity contribution in [3.8, 4) is 0 Å². The van der Waals surface area contributed by atoms with Gasteiger partial charge >= 0.3 is 0 Å². The number of nitrogens with two attached hydrogens (primary N) is 1. The van der Waals surface area contributed by atoms with Crippen molar-refractivity contribution in [1.82, 2.24) is 4.72 Å². The van der Waals surface area contributed by atoms with Crippen LogP contribution in [0.4, 0.5) is 10.1 Å². The molecule has 0 atom stereocenters. The van der Waals surface area contributed by atoms with Gasteiger partial charge in [0.1, 0.15) is 10.7 Å². The van der Waals surface area contributed by atoms with Crippen LogP contribution in [0.2, 0.25) is 0 Å². The standard InChI is InChI=1S/C10H15FN2O3S/c1-7-5-8(11)10(6-9(7)12)17(14,15)13-3-4-16-2/h5-6,13H,3-4,12H2,1-2H3. The van der Waals surface area contributed by atoms with E-state index in [1.54, 1.807) is 6.92 Å². The van der Waals surface area contributed by atoms with Gasteiger partial charge in [0.2, 0.25) is 10.0 Å². The number of anilines is 1. The monoisotopic (exact) mass is 262 g/mol. The molecule has 0 amide bonds. The lowest BCUT2D eigenvalue weighted by molar-refractivity contribution is 0.204. The summed E-state index contributed by atoms with van der Waals surface area (Å²) in [5, 5.41) is 0. The number of sulfonamides is 1.